The van der Waals surface area contributed by atoms with Crippen LogP contribution in [-0.4, -0.2) is 40.5 Å². The van der Waals surface area contributed by atoms with Crippen LogP contribution in [0.5, 0.6) is 5.75 Å². The number of likely N-dealkylation sites (tertiary alicyclic amines) is 1. The number of carbonyl (C=O) groups is 1. The molecular formula is C21H27N3O2. The van der Waals surface area contributed by atoms with Crippen molar-refractivity contribution in [2.45, 2.75) is 39.5 Å². The topological polar surface area (TPSA) is 55.3 Å². The van der Waals surface area contributed by atoms with Gasteiger partial charge < -0.3 is 9.64 Å². The smallest absolute Gasteiger partial charge is 0.257 e. The molecule has 1 atom stereocenters. The third-order valence-electron chi connectivity index (χ3n) is 4.75. The van der Waals surface area contributed by atoms with Gasteiger partial charge in [-0.1, -0.05) is 31.5 Å². The number of nitrogens with zero attached hydrogens (tertiary/aromatic N) is 3. The van der Waals surface area contributed by atoms with Crippen LogP contribution in [0.15, 0.2) is 36.7 Å². The number of ether oxygens (including phenoxy) is 1. The first-order valence-corrected chi connectivity index (χ1v) is 9.33. The lowest BCUT2D eigenvalue weighted by molar-refractivity contribution is 0.0632. The van der Waals surface area contributed by atoms with E-state index in [0.717, 1.165) is 37.5 Å². The molecule has 26 heavy (non-hydrogen) atoms. The second kappa shape index (κ2) is 8.30. The van der Waals surface area contributed by atoms with Crippen LogP contribution in [0.4, 0.5) is 0 Å². The summed E-state index contributed by atoms with van der Waals surface area (Å²) in [5, 5.41) is 0. The summed E-state index contributed by atoms with van der Waals surface area (Å²) < 4.78 is 5.91. The number of hydrogen-bond donors (Lipinski definition) is 0. The molecule has 1 aromatic carbocycles. The maximum absolute atomic E-state index is 12.7. The zero-order valence-electron chi connectivity index (χ0n) is 15.8. The Bertz CT molecular complexity index is 726. The van der Waals surface area contributed by atoms with Gasteiger partial charge >= 0.3 is 0 Å². The number of amides is 1. The summed E-state index contributed by atoms with van der Waals surface area (Å²) in [6.07, 6.45) is 5.38. The molecule has 1 fully saturated rings. The van der Waals surface area contributed by atoms with Crippen molar-refractivity contribution in [3.63, 3.8) is 0 Å². The van der Waals surface area contributed by atoms with E-state index in [1.165, 1.54) is 5.56 Å². The highest BCUT2D eigenvalue weighted by atomic mass is 16.5. The Morgan fingerprint density at radius 3 is 2.58 bits per heavy atom. The third-order valence-corrected chi connectivity index (χ3v) is 4.75. The molecule has 5 heteroatoms. The molecule has 1 aromatic heterocycles. The fraction of sp³-hybridized carbons (Fsp3) is 0.476. The van der Waals surface area contributed by atoms with Gasteiger partial charge in [-0.15, -0.1) is 0 Å². The molecule has 2 aromatic rings. The van der Waals surface area contributed by atoms with E-state index in [-0.39, 0.29) is 11.8 Å². The number of piperidine rings is 1. The monoisotopic (exact) mass is 353 g/mol. The van der Waals surface area contributed by atoms with Gasteiger partial charge in [-0.2, -0.15) is 0 Å². The van der Waals surface area contributed by atoms with Crippen LogP contribution >= 0.6 is 0 Å². The number of hydrogen-bond acceptors (Lipinski definition) is 4. The normalized spacial score (nSPS) is 17.4. The van der Waals surface area contributed by atoms with Crippen LogP contribution in [-0.2, 0) is 0 Å². The SMILES string of the molecule is Cc1ccc(OCC2CCCN(C(=O)c3cnc(C(C)C)nc3)C2)cc1. The van der Waals surface area contributed by atoms with Gasteiger partial charge in [-0.3, -0.25) is 4.79 Å². The minimum Gasteiger partial charge on any atom is -0.493 e. The van der Waals surface area contributed by atoms with Crippen molar-refractivity contribution in [3.8, 4) is 5.75 Å². The Morgan fingerprint density at radius 1 is 1.23 bits per heavy atom. The van der Waals surface area contributed by atoms with Gasteiger partial charge in [0.25, 0.3) is 5.91 Å². The Balaban J connectivity index is 1.57. The quantitative estimate of drug-likeness (QED) is 0.819. The lowest BCUT2D eigenvalue weighted by Gasteiger charge is -2.32. The van der Waals surface area contributed by atoms with E-state index in [1.807, 2.05) is 43.0 Å². The molecule has 1 aliphatic heterocycles. The van der Waals surface area contributed by atoms with Gasteiger partial charge in [0.2, 0.25) is 0 Å². The fourth-order valence-corrected chi connectivity index (χ4v) is 3.16. The Labute approximate surface area is 155 Å². The summed E-state index contributed by atoms with van der Waals surface area (Å²) in [5.74, 6) is 2.28. The van der Waals surface area contributed by atoms with Crippen molar-refractivity contribution in [1.82, 2.24) is 14.9 Å². The number of aromatic nitrogens is 2. The maximum Gasteiger partial charge on any atom is 0.257 e. The average molecular weight is 353 g/mol. The van der Waals surface area contributed by atoms with E-state index >= 15 is 0 Å². The van der Waals surface area contributed by atoms with Crippen molar-refractivity contribution in [2.75, 3.05) is 19.7 Å². The molecule has 2 heterocycles. The van der Waals surface area contributed by atoms with Crippen LogP contribution in [0.2, 0.25) is 0 Å². The van der Waals surface area contributed by atoms with Crippen molar-refractivity contribution >= 4 is 5.91 Å². The van der Waals surface area contributed by atoms with Gasteiger partial charge in [0.1, 0.15) is 11.6 Å². The lowest BCUT2D eigenvalue weighted by Crippen LogP contribution is -2.41. The molecule has 1 aliphatic rings. The standard InChI is InChI=1S/C21H27N3O2/c1-15(2)20-22-11-18(12-23-20)21(25)24-10-4-5-17(13-24)14-26-19-8-6-16(3)7-9-19/h6-9,11-12,15,17H,4-5,10,13-14H2,1-3H3. The predicted molar refractivity (Wildman–Crippen MR) is 101 cm³/mol. The molecule has 3 rings (SSSR count). The summed E-state index contributed by atoms with van der Waals surface area (Å²) in [7, 11) is 0. The maximum atomic E-state index is 12.7. The zero-order chi connectivity index (χ0) is 18.5. The molecule has 1 amide bonds. The molecule has 5 nitrogen and oxygen atoms in total. The molecular weight excluding hydrogens is 326 g/mol. The molecule has 1 unspecified atom stereocenters. The van der Waals surface area contributed by atoms with E-state index in [4.69, 9.17) is 4.74 Å². The predicted octanol–water partition coefficient (Wildman–Crippen LogP) is 3.84. The summed E-state index contributed by atoms with van der Waals surface area (Å²) in [4.78, 5) is 23.3. The van der Waals surface area contributed by atoms with Gasteiger partial charge in [0.05, 0.1) is 12.2 Å². The highest BCUT2D eigenvalue weighted by Gasteiger charge is 2.25. The highest BCUT2D eigenvalue weighted by Crippen LogP contribution is 2.21. The fourth-order valence-electron chi connectivity index (χ4n) is 3.16. The average Bonchev–Trinajstić information content (AvgIpc) is 2.67. The van der Waals surface area contributed by atoms with Gasteiger partial charge in [-0.05, 0) is 31.9 Å². The number of carbonyl (C=O) groups excluding carboxylic acids is 1. The molecule has 138 valence electrons. The minimum atomic E-state index is 0.0142. The van der Waals surface area contributed by atoms with Crippen LogP contribution < -0.4 is 4.74 Å². The molecule has 0 radical (unpaired) electrons. The first-order valence-electron chi connectivity index (χ1n) is 9.33. The summed E-state index contributed by atoms with van der Waals surface area (Å²) in [6.45, 7) is 8.28. The molecule has 0 aliphatic carbocycles. The van der Waals surface area contributed by atoms with Crippen molar-refractivity contribution in [1.29, 1.82) is 0 Å². The second-order valence-electron chi connectivity index (χ2n) is 7.37. The summed E-state index contributed by atoms with van der Waals surface area (Å²) in [5.41, 5.74) is 1.78. The van der Waals surface area contributed by atoms with Crippen molar-refractivity contribution in [2.24, 2.45) is 5.92 Å². The Hall–Kier alpha value is -2.43. The number of benzene rings is 1. The van der Waals surface area contributed by atoms with E-state index in [2.05, 4.69) is 16.9 Å². The Morgan fingerprint density at radius 2 is 1.92 bits per heavy atom. The minimum absolute atomic E-state index is 0.0142. The van der Waals surface area contributed by atoms with E-state index in [1.54, 1.807) is 12.4 Å². The van der Waals surface area contributed by atoms with Crippen LogP contribution in [0.25, 0.3) is 0 Å². The van der Waals surface area contributed by atoms with E-state index in [0.29, 0.717) is 18.1 Å². The Kier molecular flexibility index (Phi) is 5.86. The summed E-state index contributed by atoms with van der Waals surface area (Å²) in [6, 6.07) is 8.09. The van der Waals surface area contributed by atoms with E-state index in [9.17, 15) is 4.79 Å². The third kappa shape index (κ3) is 4.59. The van der Waals surface area contributed by atoms with Gasteiger partial charge in [0.15, 0.2) is 0 Å². The first kappa shape index (κ1) is 18.4. The van der Waals surface area contributed by atoms with Crippen LogP contribution in [0.3, 0.4) is 0 Å². The molecule has 0 bridgehead atoms. The molecule has 1 saturated heterocycles. The largest absolute Gasteiger partial charge is 0.493 e. The van der Waals surface area contributed by atoms with Crippen molar-refractivity contribution < 1.29 is 9.53 Å². The highest BCUT2D eigenvalue weighted by molar-refractivity contribution is 5.93. The van der Waals surface area contributed by atoms with Gasteiger partial charge in [0, 0.05) is 37.3 Å². The van der Waals surface area contributed by atoms with E-state index < -0.39 is 0 Å². The molecule has 0 spiro atoms. The number of aryl methyl sites for hydroxylation is 1. The first-order chi connectivity index (χ1) is 12.5. The zero-order valence-corrected chi connectivity index (χ0v) is 15.8. The van der Waals surface area contributed by atoms with Crippen LogP contribution in [0.1, 0.15) is 54.4 Å². The second-order valence-corrected chi connectivity index (χ2v) is 7.37. The van der Waals surface area contributed by atoms with Crippen molar-refractivity contribution in [3.05, 3.63) is 53.6 Å². The lowest BCUT2D eigenvalue weighted by atomic mass is 9.98. The molecule has 0 N–H and O–H groups in total. The van der Waals surface area contributed by atoms with Gasteiger partial charge in [-0.25, -0.2) is 9.97 Å². The van der Waals surface area contributed by atoms with Crippen LogP contribution in [0, 0.1) is 12.8 Å². The number of rotatable bonds is 5. The summed E-state index contributed by atoms with van der Waals surface area (Å²) >= 11 is 0. The molecule has 0 saturated carbocycles.